The summed E-state index contributed by atoms with van der Waals surface area (Å²) in [4.78, 5) is 0. The lowest BCUT2D eigenvalue weighted by Crippen LogP contribution is -1.98. The van der Waals surface area contributed by atoms with Crippen LogP contribution in [0.5, 0.6) is 5.75 Å². The van der Waals surface area contributed by atoms with E-state index in [0.29, 0.717) is 12.6 Å². The molecule has 2 aromatic carbocycles. The van der Waals surface area contributed by atoms with E-state index in [0.717, 1.165) is 52.0 Å². The maximum absolute atomic E-state index is 9.80. The molecular formula is C20H19N3O. The lowest BCUT2D eigenvalue weighted by Gasteiger charge is -2.11. The van der Waals surface area contributed by atoms with Gasteiger partial charge in [0.25, 0.3) is 0 Å². The van der Waals surface area contributed by atoms with E-state index in [9.17, 15) is 5.26 Å². The molecule has 2 N–H and O–H groups in total. The van der Waals surface area contributed by atoms with Crippen molar-refractivity contribution in [3.05, 3.63) is 48.0 Å². The Hall–Kier alpha value is -2.93. The summed E-state index contributed by atoms with van der Waals surface area (Å²) in [6.07, 6.45) is 2.30. The van der Waals surface area contributed by atoms with E-state index in [1.165, 1.54) is 0 Å². The minimum absolute atomic E-state index is 0.457. The first-order chi connectivity index (χ1) is 11.7. The summed E-state index contributed by atoms with van der Waals surface area (Å²) in [6, 6.07) is 16.6. The van der Waals surface area contributed by atoms with Crippen molar-refractivity contribution in [2.75, 3.05) is 12.3 Å². The van der Waals surface area contributed by atoms with E-state index in [2.05, 4.69) is 16.7 Å². The molecule has 1 aliphatic carbocycles. The number of hydrogen-bond donors (Lipinski definition) is 1. The number of nitrogens with two attached hydrogens (primary N) is 1. The van der Waals surface area contributed by atoms with Crippen LogP contribution in [-0.2, 0) is 0 Å². The molecule has 0 atom stereocenters. The highest BCUT2D eigenvalue weighted by Gasteiger charge is 2.30. The van der Waals surface area contributed by atoms with Crippen molar-refractivity contribution in [1.82, 2.24) is 4.57 Å². The van der Waals surface area contributed by atoms with Crippen molar-refractivity contribution in [3.63, 3.8) is 0 Å². The standard InChI is InChI=1S/C20H19N3O/c1-2-24-16-9-10-17-18(12-21)20(13-3-5-14(22)6-4-13)23(15-7-8-15)19(17)11-16/h3-6,9-11,15H,2,7-8,22H2,1H3. The van der Waals surface area contributed by atoms with E-state index in [-0.39, 0.29) is 0 Å². The quantitative estimate of drug-likeness (QED) is 0.721. The second-order valence-electron chi connectivity index (χ2n) is 6.17. The van der Waals surface area contributed by atoms with Gasteiger partial charge in [-0.1, -0.05) is 12.1 Å². The van der Waals surface area contributed by atoms with E-state index in [1.54, 1.807) is 0 Å². The van der Waals surface area contributed by atoms with Gasteiger partial charge in [-0.05, 0) is 49.6 Å². The Balaban J connectivity index is 2.02. The molecule has 1 aliphatic rings. The monoisotopic (exact) mass is 317 g/mol. The summed E-state index contributed by atoms with van der Waals surface area (Å²) in [7, 11) is 0. The van der Waals surface area contributed by atoms with E-state index < -0.39 is 0 Å². The molecule has 0 bridgehead atoms. The van der Waals surface area contributed by atoms with Gasteiger partial charge in [0, 0.05) is 23.2 Å². The van der Waals surface area contributed by atoms with Gasteiger partial charge in [-0.3, -0.25) is 0 Å². The lowest BCUT2D eigenvalue weighted by molar-refractivity contribution is 0.340. The molecule has 4 rings (SSSR count). The second-order valence-corrected chi connectivity index (χ2v) is 6.17. The van der Waals surface area contributed by atoms with Crippen LogP contribution >= 0.6 is 0 Å². The molecule has 1 heterocycles. The normalized spacial score (nSPS) is 13.8. The highest BCUT2D eigenvalue weighted by molar-refractivity contribution is 5.95. The first-order valence-corrected chi connectivity index (χ1v) is 8.29. The number of nitrogens with zero attached hydrogens (tertiary/aromatic N) is 2. The van der Waals surface area contributed by atoms with Crippen LogP contribution in [0, 0.1) is 11.3 Å². The summed E-state index contributed by atoms with van der Waals surface area (Å²) in [6.45, 7) is 2.61. The summed E-state index contributed by atoms with van der Waals surface area (Å²) >= 11 is 0. The zero-order valence-electron chi connectivity index (χ0n) is 13.6. The molecule has 3 aromatic rings. The minimum Gasteiger partial charge on any atom is -0.494 e. The number of ether oxygens (including phenoxy) is 1. The summed E-state index contributed by atoms with van der Waals surface area (Å²) in [5.74, 6) is 0.845. The Morgan fingerprint density at radius 3 is 2.58 bits per heavy atom. The molecule has 24 heavy (non-hydrogen) atoms. The van der Waals surface area contributed by atoms with Gasteiger partial charge < -0.3 is 15.0 Å². The summed E-state index contributed by atoms with van der Waals surface area (Å²) in [5, 5.41) is 10.8. The molecule has 1 aromatic heterocycles. The van der Waals surface area contributed by atoms with E-state index >= 15 is 0 Å². The van der Waals surface area contributed by atoms with E-state index in [1.807, 2.05) is 43.3 Å². The third-order valence-electron chi connectivity index (χ3n) is 4.49. The van der Waals surface area contributed by atoms with Crippen molar-refractivity contribution in [2.24, 2.45) is 0 Å². The Kier molecular flexibility index (Phi) is 3.42. The number of aromatic nitrogens is 1. The number of anilines is 1. The first-order valence-electron chi connectivity index (χ1n) is 8.29. The van der Waals surface area contributed by atoms with Gasteiger partial charge >= 0.3 is 0 Å². The van der Waals surface area contributed by atoms with Crippen LogP contribution in [0.15, 0.2) is 42.5 Å². The van der Waals surface area contributed by atoms with Crippen molar-refractivity contribution in [2.45, 2.75) is 25.8 Å². The molecule has 0 spiro atoms. The molecular weight excluding hydrogens is 298 g/mol. The molecule has 0 radical (unpaired) electrons. The molecule has 1 fully saturated rings. The van der Waals surface area contributed by atoms with Gasteiger partial charge in [0.15, 0.2) is 0 Å². The summed E-state index contributed by atoms with van der Waals surface area (Å²) < 4.78 is 7.97. The van der Waals surface area contributed by atoms with Crippen LogP contribution in [0.25, 0.3) is 22.2 Å². The largest absolute Gasteiger partial charge is 0.494 e. The molecule has 0 unspecified atom stereocenters. The Labute approximate surface area is 141 Å². The number of nitriles is 1. The van der Waals surface area contributed by atoms with Crippen molar-refractivity contribution < 1.29 is 4.74 Å². The number of fused-ring (bicyclic) bond motifs is 1. The zero-order chi connectivity index (χ0) is 16.7. The van der Waals surface area contributed by atoms with Crippen LogP contribution in [-0.4, -0.2) is 11.2 Å². The smallest absolute Gasteiger partial charge is 0.121 e. The van der Waals surface area contributed by atoms with E-state index in [4.69, 9.17) is 10.5 Å². The third-order valence-corrected chi connectivity index (χ3v) is 4.49. The zero-order valence-corrected chi connectivity index (χ0v) is 13.6. The van der Waals surface area contributed by atoms with Crippen molar-refractivity contribution in [3.8, 4) is 23.1 Å². The Bertz CT molecular complexity index is 944. The summed E-state index contributed by atoms with van der Waals surface area (Å²) in [5.41, 5.74) is 10.4. The topological polar surface area (TPSA) is 64.0 Å². The molecule has 0 aliphatic heterocycles. The van der Waals surface area contributed by atoms with Gasteiger partial charge in [0.2, 0.25) is 0 Å². The second kappa shape index (κ2) is 5.61. The van der Waals surface area contributed by atoms with Gasteiger partial charge in [-0.25, -0.2) is 0 Å². The van der Waals surface area contributed by atoms with Crippen molar-refractivity contribution in [1.29, 1.82) is 5.26 Å². The van der Waals surface area contributed by atoms with Gasteiger partial charge in [-0.15, -0.1) is 0 Å². The van der Waals surface area contributed by atoms with Gasteiger partial charge in [0.05, 0.1) is 23.4 Å². The maximum Gasteiger partial charge on any atom is 0.121 e. The van der Waals surface area contributed by atoms with Crippen LogP contribution in [0.3, 0.4) is 0 Å². The van der Waals surface area contributed by atoms with Crippen molar-refractivity contribution >= 4 is 16.6 Å². The number of rotatable bonds is 4. The molecule has 0 amide bonds. The molecule has 0 saturated heterocycles. The fourth-order valence-electron chi connectivity index (χ4n) is 3.30. The first kappa shape index (κ1) is 14.6. The SMILES string of the molecule is CCOc1ccc2c(C#N)c(-c3ccc(N)cc3)n(C3CC3)c2c1. The van der Waals surface area contributed by atoms with Gasteiger partial charge in [-0.2, -0.15) is 5.26 Å². The van der Waals surface area contributed by atoms with Crippen LogP contribution in [0.4, 0.5) is 5.69 Å². The molecule has 4 heteroatoms. The molecule has 4 nitrogen and oxygen atoms in total. The number of hydrogen-bond acceptors (Lipinski definition) is 3. The van der Waals surface area contributed by atoms with Gasteiger partial charge in [0.1, 0.15) is 11.8 Å². The third kappa shape index (κ3) is 2.30. The average Bonchev–Trinajstić information content (AvgIpc) is 3.37. The maximum atomic E-state index is 9.80. The fourth-order valence-corrected chi connectivity index (χ4v) is 3.30. The Morgan fingerprint density at radius 2 is 1.96 bits per heavy atom. The Morgan fingerprint density at radius 1 is 1.21 bits per heavy atom. The minimum atomic E-state index is 0.457. The number of benzene rings is 2. The number of nitrogen functional groups attached to an aromatic ring is 1. The molecule has 1 saturated carbocycles. The van der Waals surface area contributed by atoms with Crippen LogP contribution in [0.2, 0.25) is 0 Å². The van der Waals surface area contributed by atoms with Crippen LogP contribution < -0.4 is 10.5 Å². The lowest BCUT2D eigenvalue weighted by atomic mass is 10.1. The average molecular weight is 317 g/mol. The fraction of sp³-hybridized carbons (Fsp3) is 0.250. The highest BCUT2D eigenvalue weighted by Crippen LogP contribution is 2.45. The molecule has 120 valence electrons. The predicted molar refractivity (Wildman–Crippen MR) is 95.9 cm³/mol. The predicted octanol–water partition coefficient (Wildman–Crippen LogP) is 4.50. The van der Waals surface area contributed by atoms with Crippen LogP contribution in [0.1, 0.15) is 31.4 Å². The highest BCUT2D eigenvalue weighted by atomic mass is 16.5.